The van der Waals surface area contributed by atoms with E-state index in [1.165, 1.54) is 4.90 Å². The molecule has 5 heteroatoms. The molecule has 0 N–H and O–H groups in total. The van der Waals surface area contributed by atoms with Crippen molar-refractivity contribution < 1.29 is 4.74 Å². The summed E-state index contributed by atoms with van der Waals surface area (Å²) in [6, 6.07) is 8.10. The molecule has 2 aromatic rings. The van der Waals surface area contributed by atoms with Gasteiger partial charge in [0.2, 0.25) is 0 Å². The van der Waals surface area contributed by atoms with Gasteiger partial charge in [0.15, 0.2) is 5.82 Å². The minimum absolute atomic E-state index is 0.449. The second-order valence-electron chi connectivity index (χ2n) is 4.11. The third-order valence-corrected chi connectivity index (χ3v) is 3.81. The number of aryl methyl sites for hydroxylation is 1. The van der Waals surface area contributed by atoms with Gasteiger partial charge < -0.3 is 9.30 Å². The van der Waals surface area contributed by atoms with Gasteiger partial charge in [-0.05, 0) is 17.9 Å². The third kappa shape index (κ3) is 3.29. The molecule has 0 amide bonds. The lowest BCUT2D eigenvalue weighted by atomic mass is 10.3. The molecule has 1 aromatic heterocycles. The Bertz CT molecular complexity index is 539. The van der Waals surface area contributed by atoms with Crippen molar-refractivity contribution in [3.05, 3.63) is 35.9 Å². The molecule has 0 radical (unpaired) electrons. The van der Waals surface area contributed by atoms with Crippen LogP contribution in [0.1, 0.15) is 25.5 Å². The van der Waals surface area contributed by atoms with E-state index in [-0.39, 0.29) is 0 Å². The van der Waals surface area contributed by atoms with Crippen LogP contribution in [0.5, 0.6) is 5.75 Å². The maximum Gasteiger partial charge on any atom is 0.170 e. The average Bonchev–Trinajstić information content (AvgIpc) is 2.79. The number of rotatable bonds is 6. The maximum absolute atomic E-state index is 5.87. The summed E-state index contributed by atoms with van der Waals surface area (Å²) in [6.07, 6.45) is 0.881. The fourth-order valence-electron chi connectivity index (χ4n) is 1.82. The Morgan fingerprint density at radius 2 is 1.89 bits per heavy atom. The van der Waals surface area contributed by atoms with E-state index in [1.54, 1.807) is 11.8 Å². The number of nitrogens with zero attached hydrogens (tertiary/aromatic N) is 3. The highest BCUT2D eigenvalue weighted by molar-refractivity contribution is 7.99. The molecule has 0 aliphatic heterocycles. The van der Waals surface area contributed by atoms with Crippen LogP contribution >= 0.6 is 11.8 Å². The van der Waals surface area contributed by atoms with E-state index in [2.05, 4.69) is 30.1 Å². The van der Waals surface area contributed by atoms with Crippen molar-refractivity contribution in [2.24, 2.45) is 7.05 Å². The number of aromatic nitrogens is 3. The predicted octanol–water partition coefficient (Wildman–Crippen LogP) is 3.07. The summed E-state index contributed by atoms with van der Waals surface area (Å²) in [6.45, 7) is 4.66. The van der Waals surface area contributed by atoms with Crippen LogP contribution < -0.4 is 4.74 Å². The van der Waals surface area contributed by atoms with Crippen molar-refractivity contribution in [1.29, 1.82) is 0 Å². The highest BCUT2D eigenvalue weighted by Crippen LogP contribution is 2.29. The molecular formula is C14H19N3OS. The highest BCUT2D eigenvalue weighted by Gasteiger charge is 2.09. The fraction of sp³-hybridized carbons (Fsp3) is 0.429. The van der Waals surface area contributed by atoms with E-state index in [0.29, 0.717) is 6.61 Å². The van der Waals surface area contributed by atoms with E-state index < -0.39 is 0 Å². The van der Waals surface area contributed by atoms with Gasteiger partial charge >= 0.3 is 0 Å². The number of hydrogen-bond acceptors (Lipinski definition) is 4. The van der Waals surface area contributed by atoms with Crippen LogP contribution in [-0.2, 0) is 20.1 Å². The molecule has 1 aromatic carbocycles. The first-order valence-corrected chi connectivity index (χ1v) is 7.46. The Balaban J connectivity index is 2.07. The Morgan fingerprint density at radius 1 is 1.16 bits per heavy atom. The van der Waals surface area contributed by atoms with E-state index in [9.17, 15) is 0 Å². The maximum atomic E-state index is 5.87. The molecular weight excluding hydrogens is 258 g/mol. The standard InChI is InChI=1S/C14H19N3OS/c1-4-13-15-16-14(17(13)3)10-18-11-8-6-7-9-12(11)19-5-2/h6-9H,4-5,10H2,1-3H3. The van der Waals surface area contributed by atoms with Gasteiger partial charge in [0.05, 0.1) is 0 Å². The van der Waals surface area contributed by atoms with Crippen molar-refractivity contribution in [3.8, 4) is 5.75 Å². The number of thioether (sulfide) groups is 1. The van der Waals surface area contributed by atoms with Gasteiger partial charge in [-0.25, -0.2) is 0 Å². The summed E-state index contributed by atoms with van der Waals surface area (Å²) >= 11 is 1.78. The van der Waals surface area contributed by atoms with Crippen LogP contribution in [0.15, 0.2) is 29.2 Å². The molecule has 0 bridgehead atoms. The highest BCUT2D eigenvalue weighted by atomic mass is 32.2. The smallest absolute Gasteiger partial charge is 0.170 e. The molecule has 2 rings (SSSR count). The number of ether oxygens (including phenoxy) is 1. The lowest BCUT2D eigenvalue weighted by Crippen LogP contribution is -2.05. The third-order valence-electron chi connectivity index (χ3n) is 2.88. The van der Waals surface area contributed by atoms with E-state index in [1.807, 2.05) is 29.8 Å². The first kappa shape index (κ1) is 13.9. The molecule has 0 aliphatic carbocycles. The summed E-state index contributed by atoms with van der Waals surface area (Å²) in [7, 11) is 1.98. The Kier molecular flexibility index (Phi) is 4.85. The van der Waals surface area contributed by atoms with Crippen LogP contribution in [0.2, 0.25) is 0 Å². The predicted molar refractivity (Wildman–Crippen MR) is 77.6 cm³/mol. The summed E-state index contributed by atoms with van der Waals surface area (Å²) in [5.41, 5.74) is 0. The largest absolute Gasteiger partial charge is 0.484 e. The van der Waals surface area contributed by atoms with Gasteiger partial charge in [-0.2, -0.15) is 0 Å². The van der Waals surface area contributed by atoms with Gasteiger partial charge in [-0.3, -0.25) is 0 Å². The van der Waals surface area contributed by atoms with Gasteiger partial charge in [0.25, 0.3) is 0 Å². The quantitative estimate of drug-likeness (QED) is 0.761. The van der Waals surface area contributed by atoms with Crippen molar-refractivity contribution in [2.75, 3.05) is 5.75 Å². The molecule has 1 heterocycles. The van der Waals surface area contributed by atoms with Crippen molar-refractivity contribution in [3.63, 3.8) is 0 Å². The second kappa shape index (κ2) is 6.61. The number of benzene rings is 1. The minimum Gasteiger partial charge on any atom is -0.484 e. The lowest BCUT2D eigenvalue weighted by molar-refractivity contribution is 0.284. The topological polar surface area (TPSA) is 39.9 Å². The second-order valence-corrected chi connectivity index (χ2v) is 5.42. The monoisotopic (exact) mass is 277 g/mol. The molecule has 0 aliphatic rings. The molecule has 0 saturated heterocycles. The Labute approximate surface area is 118 Å². The van der Waals surface area contributed by atoms with E-state index >= 15 is 0 Å². The lowest BCUT2D eigenvalue weighted by Gasteiger charge is -2.10. The van der Waals surface area contributed by atoms with E-state index in [0.717, 1.165) is 29.6 Å². The van der Waals surface area contributed by atoms with E-state index in [4.69, 9.17) is 4.74 Å². The number of para-hydroxylation sites is 1. The first-order valence-electron chi connectivity index (χ1n) is 6.48. The number of hydrogen-bond donors (Lipinski definition) is 0. The zero-order chi connectivity index (χ0) is 13.7. The minimum atomic E-state index is 0.449. The average molecular weight is 277 g/mol. The van der Waals surface area contributed by atoms with Crippen molar-refractivity contribution >= 4 is 11.8 Å². The molecule has 19 heavy (non-hydrogen) atoms. The Morgan fingerprint density at radius 3 is 2.58 bits per heavy atom. The van der Waals surface area contributed by atoms with Crippen molar-refractivity contribution in [1.82, 2.24) is 14.8 Å². The normalized spacial score (nSPS) is 10.7. The van der Waals surface area contributed by atoms with Crippen molar-refractivity contribution in [2.45, 2.75) is 31.8 Å². The molecule has 102 valence electrons. The molecule has 0 atom stereocenters. The summed E-state index contributed by atoms with van der Waals surface area (Å²) in [5.74, 6) is 3.78. The van der Waals surface area contributed by atoms with Crippen LogP contribution in [0.25, 0.3) is 0 Å². The summed E-state index contributed by atoms with van der Waals surface area (Å²) in [4.78, 5) is 1.17. The molecule has 0 unspecified atom stereocenters. The molecule has 0 saturated carbocycles. The summed E-state index contributed by atoms with van der Waals surface area (Å²) in [5, 5.41) is 8.29. The SMILES string of the molecule is CCSc1ccccc1OCc1nnc(CC)n1C. The molecule has 0 fully saturated rings. The zero-order valence-electron chi connectivity index (χ0n) is 11.6. The molecule has 0 spiro atoms. The van der Waals surface area contributed by atoms with Crippen LogP contribution in [-0.4, -0.2) is 20.5 Å². The van der Waals surface area contributed by atoms with Gasteiger partial charge in [0.1, 0.15) is 18.2 Å². The molecule has 4 nitrogen and oxygen atoms in total. The van der Waals surface area contributed by atoms with Gasteiger partial charge in [-0.1, -0.05) is 26.0 Å². The van der Waals surface area contributed by atoms with Gasteiger partial charge in [0, 0.05) is 18.4 Å². The van der Waals surface area contributed by atoms with Crippen LogP contribution in [0.4, 0.5) is 0 Å². The summed E-state index contributed by atoms with van der Waals surface area (Å²) < 4.78 is 7.87. The Hall–Kier alpha value is -1.49. The van der Waals surface area contributed by atoms with Crippen LogP contribution in [0.3, 0.4) is 0 Å². The zero-order valence-corrected chi connectivity index (χ0v) is 12.4. The first-order chi connectivity index (χ1) is 9.26. The fourth-order valence-corrected chi connectivity index (χ4v) is 2.57. The van der Waals surface area contributed by atoms with Crippen LogP contribution in [0, 0.1) is 0 Å². The van der Waals surface area contributed by atoms with Gasteiger partial charge in [-0.15, -0.1) is 22.0 Å².